The van der Waals surface area contributed by atoms with Gasteiger partial charge in [0.1, 0.15) is 0 Å². The fourth-order valence-corrected chi connectivity index (χ4v) is 2.24. The van der Waals surface area contributed by atoms with Crippen LogP contribution in [-0.4, -0.2) is 31.6 Å². The Bertz CT molecular complexity index is 322. The topological polar surface area (TPSA) is 15.3 Å². The fourth-order valence-electron chi connectivity index (χ4n) is 2.24. The first-order valence-corrected chi connectivity index (χ1v) is 5.75. The Kier molecular flexibility index (Phi) is 3.39. The van der Waals surface area contributed by atoms with Gasteiger partial charge in [0.15, 0.2) is 0 Å². The Hall–Kier alpha value is -0.860. The van der Waals surface area contributed by atoms with E-state index in [-0.39, 0.29) is 0 Å². The van der Waals surface area contributed by atoms with Crippen molar-refractivity contribution in [3.63, 3.8) is 0 Å². The zero-order valence-electron chi connectivity index (χ0n) is 9.66. The summed E-state index contributed by atoms with van der Waals surface area (Å²) in [7, 11) is 2.20. The van der Waals surface area contributed by atoms with Gasteiger partial charge in [-0.15, -0.1) is 0 Å². The predicted octanol–water partition coefficient (Wildman–Crippen LogP) is 1.96. The maximum Gasteiger partial charge on any atom is 0.0335 e. The van der Waals surface area contributed by atoms with E-state index in [4.69, 9.17) is 0 Å². The summed E-state index contributed by atoms with van der Waals surface area (Å²) in [6.45, 7) is 5.63. The van der Waals surface area contributed by atoms with Crippen molar-refractivity contribution in [1.29, 1.82) is 0 Å². The SMILES string of the molecule is Cc1ccccc1C1CCN(C)CCN1. The Morgan fingerprint density at radius 3 is 2.87 bits per heavy atom. The zero-order valence-corrected chi connectivity index (χ0v) is 9.66. The lowest BCUT2D eigenvalue weighted by molar-refractivity contribution is 0.355. The molecule has 2 heteroatoms. The highest BCUT2D eigenvalue weighted by molar-refractivity contribution is 5.28. The summed E-state index contributed by atoms with van der Waals surface area (Å²) in [4.78, 5) is 2.39. The molecule has 1 aromatic carbocycles. The van der Waals surface area contributed by atoms with E-state index in [0.717, 1.165) is 13.1 Å². The Morgan fingerprint density at radius 1 is 1.27 bits per heavy atom. The van der Waals surface area contributed by atoms with E-state index in [9.17, 15) is 0 Å². The van der Waals surface area contributed by atoms with E-state index < -0.39 is 0 Å². The molecule has 0 bridgehead atoms. The van der Waals surface area contributed by atoms with Crippen molar-refractivity contribution in [2.45, 2.75) is 19.4 Å². The molecule has 0 radical (unpaired) electrons. The third-order valence-electron chi connectivity index (χ3n) is 3.25. The van der Waals surface area contributed by atoms with Crippen molar-refractivity contribution < 1.29 is 0 Å². The molecule has 1 saturated heterocycles. The lowest BCUT2D eigenvalue weighted by Gasteiger charge is -2.18. The molecule has 2 nitrogen and oxygen atoms in total. The number of aryl methyl sites for hydroxylation is 1. The summed E-state index contributed by atoms with van der Waals surface area (Å²) >= 11 is 0. The van der Waals surface area contributed by atoms with Crippen molar-refractivity contribution in [2.24, 2.45) is 0 Å². The summed E-state index contributed by atoms with van der Waals surface area (Å²) in [5.41, 5.74) is 2.87. The third-order valence-corrected chi connectivity index (χ3v) is 3.25. The van der Waals surface area contributed by atoms with Crippen LogP contribution in [0.2, 0.25) is 0 Å². The van der Waals surface area contributed by atoms with Gasteiger partial charge in [-0.1, -0.05) is 24.3 Å². The molecule has 1 aliphatic rings. The van der Waals surface area contributed by atoms with Gasteiger partial charge in [-0.05, 0) is 38.1 Å². The highest BCUT2D eigenvalue weighted by Gasteiger charge is 2.16. The van der Waals surface area contributed by atoms with E-state index in [1.807, 2.05) is 0 Å². The number of hydrogen-bond donors (Lipinski definition) is 1. The molecule has 0 aromatic heterocycles. The molecule has 1 aliphatic heterocycles. The minimum absolute atomic E-state index is 0.538. The van der Waals surface area contributed by atoms with E-state index in [1.165, 1.54) is 24.1 Å². The van der Waals surface area contributed by atoms with Crippen molar-refractivity contribution in [3.05, 3.63) is 35.4 Å². The highest BCUT2D eigenvalue weighted by Crippen LogP contribution is 2.21. The normalized spacial score (nSPS) is 23.7. The van der Waals surface area contributed by atoms with Crippen LogP contribution in [0.25, 0.3) is 0 Å². The molecule has 82 valence electrons. The van der Waals surface area contributed by atoms with Crippen LogP contribution in [0.1, 0.15) is 23.6 Å². The van der Waals surface area contributed by atoms with Gasteiger partial charge in [-0.25, -0.2) is 0 Å². The maximum absolute atomic E-state index is 3.63. The van der Waals surface area contributed by atoms with E-state index in [2.05, 4.69) is 48.5 Å². The predicted molar refractivity (Wildman–Crippen MR) is 64.0 cm³/mol. The zero-order chi connectivity index (χ0) is 10.7. The first-order valence-electron chi connectivity index (χ1n) is 5.75. The lowest BCUT2D eigenvalue weighted by Crippen LogP contribution is -2.25. The van der Waals surface area contributed by atoms with Crippen molar-refractivity contribution in [3.8, 4) is 0 Å². The molecule has 1 aromatic rings. The van der Waals surface area contributed by atoms with Crippen LogP contribution < -0.4 is 5.32 Å². The monoisotopic (exact) mass is 204 g/mol. The molecule has 1 atom stereocenters. The molecule has 1 fully saturated rings. The van der Waals surface area contributed by atoms with Gasteiger partial charge in [0.2, 0.25) is 0 Å². The van der Waals surface area contributed by atoms with Gasteiger partial charge >= 0.3 is 0 Å². The number of rotatable bonds is 1. The summed E-state index contributed by atoms with van der Waals surface area (Å²) in [5, 5.41) is 3.63. The lowest BCUT2D eigenvalue weighted by atomic mass is 9.99. The van der Waals surface area contributed by atoms with Crippen LogP contribution in [0.5, 0.6) is 0 Å². The van der Waals surface area contributed by atoms with Crippen LogP contribution in [0, 0.1) is 6.92 Å². The van der Waals surface area contributed by atoms with Crippen molar-refractivity contribution >= 4 is 0 Å². The standard InChI is InChI=1S/C13H20N2/c1-11-5-3-4-6-12(11)13-7-9-15(2)10-8-14-13/h3-6,13-14H,7-10H2,1-2H3. The number of nitrogens with zero attached hydrogens (tertiary/aromatic N) is 1. The van der Waals surface area contributed by atoms with Crippen LogP contribution >= 0.6 is 0 Å². The summed E-state index contributed by atoms with van der Waals surface area (Å²) in [6, 6.07) is 9.24. The van der Waals surface area contributed by atoms with E-state index >= 15 is 0 Å². The van der Waals surface area contributed by atoms with Crippen LogP contribution in [0.4, 0.5) is 0 Å². The second-order valence-corrected chi connectivity index (χ2v) is 4.46. The van der Waals surface area contributed by atoms with Crippen LogP contribution in [0.15, 0.2) is 24.3 Å². The molecular weight excluding hydrogens is 184 g/mol. The average molecular weight is 204 g/mol. The van der Waals surface area contributed by atoms with Gasteiger partial charge in [0, 0.05) is 19.1 Å². The molecule has 0 spiro atoms. The maximum atomic E-state index is 3.63. The molecule has 0 saturated carbocycles. The summed E-state index contributed by atoms with van der Waals surface area (Å²) in [6.07, 6.45) is 1.21. The Balaban J connectivity index is 2.13. The Morgan fingerprint density at radius 2 is 2.07 bits per heavy atom. The number of likely N-dealkylation sites (N-methyl/N-ethyl adjacent to an activating group) is 1. The fraction of sp³-hybridized carbons (Fsp3) is 0.538. The molecule has 1 unspecified atom stereocenters. The molecule has 0 amide bonds. The quantitative estimate of drug-likeness (QED) is 0.752. The molecular formula is C13H20N2. The summed E-state index contributed by atoms with van der Waals surface area (Å²) in [5.74, 6) is 0. The van der Waals surface area contributed by atoms with Gasteiger partial charge < -0.3 is 10.2 Å². The van der Waals surface area contributed by atoms with Crippen LogP contribution in [-0.2, 0) is 0 Å². The summed E-state index contributed by atoms with van der Waals surface area (Å²) < 4.78 is 0. The van der Waals surface area contributed by atoms with E-state index in [1.54, 1.807) is 0 Å². The van der Waals surface area contributed by atoms with Crippen molar-refractivity contribution in [1.82, 2.24) is 10.2 Å². The van der Waals surface area contributed by atoms with Gasteiger partial charge in [-0.2, -0.15) is 0 Å². The van der Waals surface area contributed by atoms with E-state index in [0.29, 0.717) is 6.04 Å². The smallest absolute Gasteiger partial charge is 0.0335 e. The highest BCUT2D eigenvalue weighted by atomic mass is 15.1. The molecule has 1 heterocycles. The number of hydrogen-bond acceptors (Lipinski definition) is 2. The molecule has 0 aliphatic carbocycles. The molecule has 1 N–H and O–H groups in total. The first kappa shape index (κ1) is 10.7. The van der Waals surface area contributed by atoms with Gasteiger partial charge in [0.05, 0.1) is 0 Å². The molecule has 15 heavy (non-hydrogen) atoms. The van der Waals surface area contributed by atoms with Crippen LogP contribution in [0.3, 0.4) is 0 Å². The Labute approximate surface area is 92.3 Å². The third kappa shape index (κ3) is 2.58. The minimum atomic E-state index is 0.538. The first-order chi connectivity index (χ1) is 7.27. The second-order valence-electron chi connectivity index (χ2n) is 4.46. The van der Waals surface area contributed by atoms with Crippen molar-refractivity contribution in [2.75, 3.05) is 26.7 Å². The number of benzene rings is 1. The second kappa shape index (κ2) is 4.77. The van der Waals surface area contributed by atoms with Gasteiger partial charge in [-0.3, -0.25) is 0 Å². The van der Waals surface area contributed by atoms with Gasteiger partial charge in [0.25, 0.3) is 0 Å². The molecule has 2 rings (SSSR count). The average Bonchev–Trinajstić information content (AvgIpc) is 2.44. The number of nitrogens with one attached hydrogen (secondary N) is 1. The largest absolute Gasteiger partial charge is 0.309 e. The minimum Gasteiger partial charge on any atom is -0.309 e.